The van der Waals surface area contributed by atoms with E-state index in [0.717, 1.165) is 54.7 Å². The zero-order valence-electron chi connectivity index (χ0n) is 22.7. The maximum Gasteiger partial charge on any atom is 0.457 e. The third-order valence-electron chi connectivity index (χ3n) is 12.6. The molecule has 0 bridgehead atoms. The zero-order valence-corrected chi connectivity index (χ0v) is 22.7. The van der Waals surface area contributed by atoms with Crippen molar-refractivity contribution in [3.05, 3.63) is 0 Å². The van der Waals surface area contributed by atoms with E-state index in [9.17, 15) is 5.11 Å². The van der Waals surface area contributed by atoms with E-state index >= 15 is 0 Å². The van der Waals surface area contributed by atoms with Crippen LogP contribution in [0.1, 0.15) is 113 Å². The van der Waals surface area contributed by atoms with E-state index in [1.54, 1.807) is 0 Å². The van der Waals surface area contributed by atoms with Crippen LogP contribution in [0.5, 0.6) is 0 Å². The molecule has 5 rings (SSSR count). The SMILES string of the molecule is C[C@H](CCB1OC(C)(C)C(C)(C)O1)[C@H]1CC[C@H]2[C@@H]3CC[C@@H]4CC(O)CC[C@]4(C)[C@H]3CC[C@]12C. The van der Waals surface area contributed by atoms with Gasteiger partial charge in [0.25, 0.3) is 0 Å². The summed E-state index contributed by atoms with van der Waals surface area (Å²) < 4.78 is 12.6. The molecule has 5 aliphatic rings. The molecule has 0 spiro atoms. The van der Waals surface area contributed by atoms with Gasteiger partial charge in [-0.25, -0.2) is 0 Å². The Morgan fingerprint density at radius 2 is 1.45 bits per heavy atom. The van der Waals surface area contributed by atoms with E-state index in [1.165, 1.54) is 51.4 Å². The fourth-order valence-corrected chi connectivity index (χ4v) is 9.89. The van der Waals surface area contributed by atoms with Crippen molar-refractivity contribution in [3.63, 3.8) is 0 Å². The lowest BCUT2D eigenvalue weighted by molar-refractivity contribution is -0.129. The predicted molar refractivity (Wildman–Crippen MR) is 136 cm³/mol. The van der Waals surface area contributed by atoms with Crippen LogP contribution in [0.15, 0.2) is 0 Å². The highest BCUT2D eigenvalue weighted by molar-refractivity contribution is 6.45. The van der Waals surface area contributed by atoms with Gasteiger partial charge in [-0.1, -0.05) is 27.2 Å². The Kier molecular flexibility index (Phi) is 6.15. The molecule has 1 aliphatic heterocycles. The summed E-state index contributed by atoms with van der Waals surface area (Å²) >= 11 is 0. The summed E-state index contributed by atoms with van der Waals surface area (Å²) in [6.07, 6.45) is 14.1. The summed E-state index contributed by atoms with van der Waals surface area (Å²) in [6.45, 7) is 16.5. The van der Waals surface area contributed by atoms with Crippen LogP contribution in [0.3, 0.4) is 0 Å². The maximum absolute atomic E-state index is 10.3. The van der Waals surface area contributed by atoms with Gasteiger partial charge >= 0.3 is 7.12 Å². The van der Waals surface area contributed by atoms with E-state index in [-0.39, 0.29) is 24.4 Å². The average molecular weight is 459 g/mol. The van der Waals surface area contributed by atoms with E-state index < -0.39 is 0 Å². The van der Waals surface area contributed by atoms with Gasteiger partial charge in [0.05, 0.1) is 17.3 Å². The lowest BCUT2D eigenvalue weighted by atomic mass is 9.44. The van der Waals surface area contributed by atoms with Crippen molar-refractivity contribution in [2.24, 2.45) is 46.3 Å². The number of aliphatic hydroxyl groups excluding tert-OH is 1. The molecule has 9 atom stereocenters. The molecular weight excluding hydrogens is 407 g/mol. The van der Waals surface area contributed by atoms with Gasteiger partial charge < -0.3 is 14.4 Å². The molecule has 1 N–H and O–H groups in total. The van der Waals surface area contributed by atoms with Gasteiger partial charge in [-0.3, -0.25) is 0 Å². The third-order valence-corrected chi connectivity index (χ3v) is 12.6. The highest BCUT2D eigenvalue weighted by atomic mass is 16.7. The summed E-state index contributed by atoms with van der Waals surface area (Å²) in [5, 5.41) is 10.3. The predicted octanol–water partition coefficient (Wildman–Crippen LogP) is 7.12. The first kappa shape index (κ1) is 24.6. The van der Waals surface area contributed by atoms with Crippen LogP contribution in [0.2, 0.25) is 6.32 Å². The number of rotatable bonds is 4. The van der Waals surface area contributed by atoms with Crippen molar-refractivity contribution in [2.45, 2.75) is 136 Å². The zero-order chi connectivity index (χ0) is 23.8. The van der Waals surface area contributed by atoms with Crippen LogP contribution >= 0.6 is 0 Å². The standard InChI is InChI=1S/C29H51BO3/c1-19(14-17-30-32-26(2,3)27(4,5)33-30)23-10-11-24-22-9-8-20-18-21(31)12-15-28(20,6)25(22)13-16-29(23,24)7/h19-25,31H,8-18H2,1-7H3/t19-,20-,21?,22+,23-,24+,25+,28+,29-/m1/s1. The van der Waals surface area contributed by atoms with Gasteiger partial charge in [0, 0.05) is 0 Å². The molecule has 0 amide bonds. The summed E-state index contributed by atoms with van der Waals surface area (Å²) in [5.41, 5.74) is 0.583. The van der Waals surface area contributed by atoms with Crippen molar-refractivity contribution in [1.29, 1.82) is 0 Å². The second-order valence-corrected chi connectivity index (χ2v) is 14.6. The first-order valence-corrected chi connectivity index (χ1v) is 14.4. The summed E-state index contributed by atoms with van der Waals surface area (Å²) in [7, 11) is -0.0462. The van der Waals surface area contributed by atoms with Gasteiger partial charge in [0.15, 0.2) is 0 Å². The third kappa shape index (κ3) is 3.88. The summed E-state index contributed by atoms with van der Waals surface area (Å²) in [4.78, 5) is 0. The first-order chi connectivity index (χ1) is 15.4. The summed E-state index contributed by atoms with van der Waals surface area (Å²) in [5.74, 6) is 5.12. The van der Waals surface area contributed by atoms with Crippen LogP contribution in [0.4, 0.5) is 0 Å². The Balaban J connectivity index is 1.24. The van der Waals surface area contributed by atoms with Crippen molar-refractivity contribution < 1.29 is 14.4 Å². The van der Waals surface area contributed by atoms with Gasteiger partial charge in [-0.15, -0.1) is 0 Å². The van der Waals surface area contributed by atoms with Crippen LogP contribution in [-0.2, 0) is 9.31 Å². The molecule has 4 aliphatic carbocycles. The molecule has 188 valence electrons. The van der Waals surface area contributed by atoms with E-state index in [1.807, 2.05) is 0 Å². The van der Waals surface area contributed by atoms with Gasteiger partial charge in [-0.05, 0) is 138 Å². The molecule has 3 nitrogen and oxygen atoms in total. The van der Waals surface area contributed by atoms with E-state index in [2.05, 4.69) is 48.5 Å². The molecule has 1 unspecified atom stereocenters. The Bertz CT molecular complexity index is 720. The molecule has 4 heteroatoms. The van der Waals surface area contributed by atoms with Crippen LogP contribution in [0, 0.1) is 46.3 Å². The first-order valence-electron chi connectivity index (χ1n) is 14.4. The molecule has 1 saturated heterocycles. The molecule has 0 aromatic carbocycles. The minimum atomic E-state index is -0.214. The summed E-state index contributed by atoms with van der Waals surface area (Å²) in [6, 6.07) is 0. The van der Waals surface area contributed by atoms with Crippen LogP contribution in [0.25, 0.3) is 0 Å². The molecule has 1 heterocycles. The van der Waals surface area contributed by atoms with Crippen molar-refractivity contribution in [1.82, 2.24) is 0 Å². The van der Waals surface area contributed by atoms with Crippen LogP contribution in [-0.4, -0.2) is 29.5 Å². The molecular formula is C29H51BO3. The molecule has 0 radical (unpaired) electrons. The van der Waals surface area contributed by atoms with Crippen molar-refractivity contribution in [3.8, 4) is 0 Å². The molecule has 0 aromatic heterocycles. The van der Waals surface area contributed by atoms with Gasteiger partial charge in [-0.2, -0.15) is 0 Å². The lowest BCUT2D eigenvalue weighted by Crippen LogP contribution is -2.54. The topological polar surface area (TPSA) is 38.7 Å². The molecule has 4 saturated carbocycles. The largest absolute Gasteiger partial charge is 0.457 e. The Labute approximate surface area is 204 Å². The van der Waals surface area contributed by atoms with Gasteiger partial charge in [0.1, 0.15) is 0 Å². The second kappa shape index (κ2) is 8.24. The van der Waals surface area contributed by atoms with E-state index in [0.29, 0.717) is 10.8 Å². The Morgan fingerprint density at radius 1 is 0.818 bits per heavy atom. The highest BCUT2D eigenvalue weighted by Crippen LogP contribution is 2.68. The van der Waals surface area contributed by atoms with Gasteiger partial charge in [0.2, 0.25) is 0 Å². The number of hydrogen-bond acceptors (Lipinski definition) is 3. The van der Waals surface area contributed by atoms with Crippen molar-refractivity contribution in [2.75, 3.05) is 0 Å². The van der Waals surface area contributed by atoms with E-state index in [4.69, 9.17) is 9.31 Å². The monoisotopic (exact) mass is 458 g/mol. The van der Waals surface area contributed by atoms with Crippen molar-refractivity contribution >= 4 is 7.12 Å². The molecule has 5 fully saturated rings. The lowest BCUT2D eigenvalue weighted by Gasteiger charge is -2.61. The van der Waals surface area contributed by atoms with Crippen LogP contribution < -0.4 is 0 Å². The highest BCUT2D eigenvalue weighted by Gasteiger charge is 2.60. The Morgan fingerprint density at radius 3 is 2.15 bits per heavy atom. The number of aliphatic hydroxyl groups is 1. The quantitative estimate of drug-likeness (QED) is 0.456. The smallest absolute Gasteiger partial charge is 0.403 e. The number of hydrogen-bond donors (Lipinski definition) is 1. The average Bonchev–Trinajstić information content (AvgIpc) is 3.18. The molecule has 33 heavy (non-hydrogen) atoms. The Hall–Kier alpha value is -0.0551. The maximum atomic E-state index is 10.3. The normalized spacial score (nSPS) is 49.3. The fraction of sp³-hybridized carbons (Fsp3) is 1.00. The fourth-order valence-electron chi connectivity index (χ4n) is 9.89. The number of fused-ring (bicyclic) bond motifs is 5. The molecule has 0 aromatic rings. The minimum Gasteiger partial charge on any atom is -0.403 e. The second-order valence-electron chi connectivity index (χ2n) is 14.6. The minimum absolute atomic E-state index is 0.0332.